The Bertz CT molecular complexity index is 1410. The van der Waals surface area contributed by atoms with E-state index in [-0.39, 0.29) is 41.4 Å². The van der Waals surface area contributed by atoms with E-state index in [9.17, 15) is 27.9 Å². The van der Waals surface area contributed by atoms with E-state index in [0.29, 0.717) is 12.1 Å². The van der Waals surface area contributed by atoms with E-state index >= 15 is 0 Å². The number of hydrogen-bond donors (Lipinski definition) is 4. The lowest BCUT2D eigenvalue weighted by Gasteiger charge is -2.17. The van der Waals surface area contributed by atoms with Crippen LogP contribution in [0.15, 0.2) is 41.4 Å². The number of nitrogens with zero attached hydrogens (tertiary/aromatic N) is 2. The number of aliphatic carboxylic acids is 1. The Morgan fingerprint density at radius 1 is 1.11 bits per heavy atom. The number of amides is 2. The number of unbranched alkanes of at least 4 members (excludes halogenated alkanes) is 1. The van der Waals surface area contributed by atoms with Crippen molar-refractivity contribution in [1.82, 2.24) is 15.6 Å². The Hall–Kier alpha value is -4.06. The number of fused-ring (bicyclic) bond motifs is 2. The molecule has 0 spiro atoms. The molecule has 200 valence electrons. The third-order valence-corrected chi connectivity index (χ3v) is 7.12. The SMILES string of the molecule is O=C(CCCCc1ccc2c(n1)NCCC2)NCC[C@H](NC(=O)C1=Nc2ccccc2C1=S(=O)=O)C(=O)O. The van der Waals surface area contributed by atoms with Crippen LogP contribution < -0.4 is 16.0 Å². The summed E-state index contributed by atoms with van der Waals surface area (Å²) < 4.78 is 23.4. The second kappa shape index (κ2) is 12.5. The molecular weight excluding hydrogens is 510 g/mol. The van der Waals surface area contributed by atoms with Crippen LogP contribution in [0, 0.1) is 0 Å². The fraction of sp³-hybridized carbons (Fsp3) is 0.385. The third kappa shape index (κ3) is 6.62. The average Bonchev–Trinajstić information content (AvgIpc) is 3.30. The van der Waals surface area contributed by atoms with Crippen molar-refractivity contribution in [3.8, 4) is 0 Å². The minimum absolute atomic E-state index is 0.0326. The van der Waals surface area contributed by atoms with Crippen molar-refractivity contribution in [2.24, 2.45) is 4.99 Å². The lowest BCUT2D eigenvalue weighted by atomic mass is 10.1. The van der Waals surface area contributed by atoms with Crippen LogP contribution in [0.2, 0.25) is 0 Å². The smallest absolute Gasteiger partial charge is 0.326 e. The Balaban J connectivity index is 1.21. The van der Waals surface area contributed by atoms with Gasteiger partial charge in [0, 0.05) is 30.8 Å². The topological polar surface area (TPSA) is 167 Å². The van der Waals surface area contributed by atoms with Crippen LogP contribution in [0.5, 0.6) is 0 Å². The van der Waals surface area contributed by atoms with Gasteiger partial charge >= 0.3 is 5.97 Å². The molecule has 0 saturated heterocycles. The lowest BCUT2D eigenvalue weighted by Crippen LogP contribution is -2.47. The number of benzene rings is 1. The highest BCUT2D eigenvalue weighted by Gasteiger charge is 2.31. The molecule has 2 aromatic rings. The number of pyridine rings is 1. The normalized spacial score (nSPS) is 14.4. The van der Waals surface area contributed by atoms with Crippen LogP contribution in [-0.2, 0) is 37.5 Å². The van der Waals surface area contributed by atoms with Crippen molar-refractivity contribution in [2.75, 3.05) is 18.4 Å². The standard InChI is InChI=1S/C26H29N5O6S/c32-21(10-4-1-7-17-12-11-16-6-5-14-28-24(16)29-17)27-15-13-20(26(34)35)31-25(33)22-23(38(36)37)18-8-2-3-9-19(18)30-22/h2-3,8-9,11-12,20H,1,4-7,10,13-15H2,(H,27,32)(H,28,29)(H,31,33)(H,34,35)/t20-/m0/s1. The van der Waals surface area contributed by atoms with Gasteiger partial charge in [-0.2, -0.15) is 8.42 Å². The predicted molar refractivity (Wildman–Crippen MR) is 142 cm³/mol. The zero-order valence-corrected chi connectivity index (χ0v) is 21.5. The summed E-state index contributed by atoms with van der Waals surface area (Å²) in [5.74, 6) is -1.48. The molecule has 0 radical (unpaired) electrons. The van der Waals surface area contributed by atoms with Gasteiger partial charge in [-0.25, -0.2) is 14.8 Å². The van der Waals surface area contributed by atoms with Gasteiger partial charge in [-0.15, -0.1) is 0 Å². The summed E-state index contributed by atoms with van der Waals surface area (Å²) in [6.07, 6.45) is 4.56. The first-order valence-corrected chi connectivity index (χ1v) is 13.6. The second-order valence-corrected chi connectivity index (χ2v) is 9.97. The van der Waals surface area contributed by atoms with Crippen molar-refractivity contribution in [3.05, 3.63) is 53.2 Å². The van der Waals surface area contributed by atoms with E-state index in [1.807, 2.05) is 6.07 Å². The summed E-state index contributed by atoms with van der Waals surface area (Å²) >= 11 is 0. The van der Waals surface area contributed by atoms with Crippen LogP contribution in [0.3, 0.4) is 0 Å². The highest BCUT2D eigenvalue weighted by atomic mass is 32.2. The molecule has 0 fully saturated rings. The zero-order chi connectivity index (χ0) is 27.1. The maximum Gasteiger partial charge on any atom is 0.326 e. The van der Waals surface area contributed by atoms with Crippen LogP contribution in [0.4, 0.5) is 11.5 Å². The molecule has 0 aliphatic carbocycles. The minimum atomic E-state index is -2.74. The summed E-state index contributed by atoms with van der Waals surface area (Å²) in [6.45, 7) is 0.963. The summed E-state index contributed by atoms with van der Waals surface area (Å²) in [6, 6.07) is 9.15. The van der Waals surface area contributed by atoms with Crippen LogP contribution >= 0.6 is 0 Å². The van der Waals surface area contributed by atoms with Gasteiger partial charge in [-0.1, -0.05) is 24.3 Å². The molecule has 0 saturated carbocycles. The first kappa shape index (κ1) is 27.0. The van der Waals surface area contributed by atoms with Crippen molar-refractivity contribution < 1.29 is 27.9 Å². The Labute approximate surface area is 221 Å². The first-order valence-electron chi connectivity index (χ1n) is 12.5. The van der Waals surface area contributed by atoms with Crippen molar-refractivity contribution in [1.29, 1.82) is 0 Å². The monoisotopic (exact) mass is 539 g/mol. The third-order valence-electron chi connectivity index (χ3n) is 6.37. The number of carboxylic acid groups (broad SMARTS) is 1. The molecule has 2 aliphatic rings. The van der Waals surface area contributed by atoms with Gasteiger partial charge in [-0.05, 0) is 56.2 Å². The quantitative estimate of drug-likeness (QED) is 0.246. The number of carbonyl (C=O) groups is 3. The molecule has 1 aromatic carbocycles. The maximum absolute atomic E-state index is 12.7. The largest absolute Gasteiger partial charge is 0.480 e. The fourth-order valence-corrected chi connectivity index (χ4v) is 5.06. The Morgan fingerprint density at radius 3 is 2.71 bits per heavy atom. The molecule has 4 rings (SSSR count). The van der Waals surface area contributed by atoms with Gasteiger partial charge in [0.2, 0.25) is 16.2 Å². The molecule has 3 heterocycles. The molecule has 0 bridgehead atoms. The summed E-state index contributed by atoms with van der Waals surface area (Å²) in [4.78, 5) is 45.0. The molecule has 1 atom stereocenters. The number of carbonyl (C=O) groups excluding carboxylic acids is 2. The predicted octanol–water partition coefficient (Wildman–Crippen LogP) is 1.41. The van der Waals surface area contributed by atoms with Gasteiger partial charge < -0.3 is 21.1 Å². The van der Waals surface area contributed by atoms with E-state index in [1.54, 1.807) is 18.2 Å². The number of aliphatic imine (C=N–C) groups is 1. The van der Waals surface area contributed by atoms with E-state index in [1.165, 1.54) is 11.6 Å². The summed E-state index contributed by atoms with van der Waals surface area (Å²) in [5.41, 5.74) is 2.45. The number of anilines is 1. The van der Waals surface area contributed by atoms with E-state index in [0.717, 1.165) is 43.7 Å². The molecule has 12 heteroatoms. The minimum Gasteiger partial charge on any atom is -0.480 e. The van der Waals surface area contributed by atoms with Crippen molar-refractivity contribution in [2.45, 2.75) is 51.0 Å². The van der Waals surface area contributed by atoms with Crippen LogP contribution in [0.1, 0.15) is 48.9 Å². The summed E-state index contributed by atoms with van der Waals surface area (Å²) in [5, 5.41) is 17.8. The molecule has 2 aliphatic heterocycles. The molecule has 38 heavy (non-hydrogen) atoms. The van der Waals surface area contributed by atoms with Crippen LogP contribution in [0.25, 0.3) is 0 Å². The molecular formula is C26H29N5O6S. The van der Waals surface area contributed by atoms with E-state index < -0.39 is 28.2 Å². The molecule has 1 aromatic heterocycles. The molecule has 11 nitrogen and oxygen atoms in total. The number of carboxylic acids is 1. The van der Waals surface area contributed by atoms with Gasteiger partial charge in [0.15, 0.2) is 5.71 Å². The number of rotatable bonds is 11. The molecule has 0 unspecified atom stereocenters. The fourth-order valence-electron chi connectivity index (χ4n) is 4.41. The Kier molecular flexibility index (Phi) is 8.85. The number of aromatic nitrogens is 1. The summed E-state index contributed by atoms with van der Waals surface area (Å²) in [7, 11) is -2.74. The van der Waals surface area contributed by atoms with Gasteiger partial charge in [0.25, 0.3) is 5.91 Å². The second-order valence-electron chi connectivity index (χ2n) is 9.09. The van der Waals surface area contributed by atoms with Gasteiger partial charge in [0.1, 0.15) is 16.7 Å². The number of aryl methyl sites for hydroxylation is 2. The van der Waals surface area contributed by atoms with E-state index in [4.69, 9.17) is 0 Å². The number of para-hydroxylation sites is 1. The van der Waals surface area contributed by atoms with Crippen LogP contribution in [-0.4, -0.2) is 66.0 Å². The maximum atomic E-state index is 12.7. The number of nitrogens with one attached hydrogen (secondary N) is 3. The van der Waals surface area contributed by atoms with E-state index in [2.05, 4.69) is 32.0 Å². The highest BCUT2D eigenvalue weighted by molar-refractivity contribution is 7.75. The lowest BCUT2D eigenvalue weighted by molar-refractivity contribution is -0.141. The molecule has 4 N–H and O–H groups in total. The molecule has 2 amide bonds. The van der Waals surface area contributed by atoms with Crippen molar-refractivity contribution in [3.63, 3.8) is 0 Å². The van der Waals surface area contributed by atoms with Gasteiger partial charge in [-0.3, -0.25) is 9.59 Å². The van der Waals surface area contributed by atoms with Crippen molar-refractivity contribution >= 4 is 50.2 Å². The highest BCUT2D eigenvalue weighted by Crippen LogP contribution is 2.26. The number of hydrogen-bond acceptors (Lipinski definition) is 8. The average molecular weight is 540 g/mol. The van der Waals surface area contributed by atoms with Gasteiger partial charge in [0.05, 0.1) is 5.69 Å². The Morgan fingerprint density at radius 2 is 1.92 bits per heavy atom. The zero-order valence-electron chi connectivity index (χ0n) is 20.7. The first-order chi connectivity index (χ1) is 18.3.